The van der Waals surface area contributed by atoms with Crippen LogP contribution in [0.4, 0.5) is 5.13 Å². The molecule has 0 atom stereocenters. The second-order valence-electron chi connectivity index (χ2n) is 8.66. The number of anilines is 1. The van der Waals surface area contributed by atoms with Gasteiger partial charge in [0.2, 0.25) is 11.7 Å². The summed E-state index contributed by atoms with van der Waals surface area (Å²) < 4.78 is 24.1. The highest BCUT2D eigenvalue weighted by Gasteiger charge is 2.22. The minimum Gasteiger partial charge on any atom is -0.396 e. The number of rotatable bonds is 10. The Balaban J connectivity index is 1.61. The lowest BCUT2D eigenvalue weighted by Gasteiger charge is -2.04. The van der Waals surface area contributed by atoms with Crippen LogP contribution in [0.3, 0.4) is 0 Å². The van der Waals surface area contributed by atoms with Gasteiger partial charge in [-0.15, -0.1) is 0 Å². The number of carbonyl (C=O) groups excluding carboxylic acids is 2. The molecule has 39 heavy (non-hydrogen) atoms. The Morgan fingerprint density at radius 3 is 2.36 bits per heavy atom. The SMILES string of the molecule is CCS(=O)(=O)c1ccc(CC(=O)Nc2nc(-c3cccc(C#N)c3)c(C(=O)c3ccc(CCO)cc3)s2)cc1. The van der Waals surface area contributed by atoms with Crippen molar-refractivity contribution in [3.63, 3.8) is 0 Å². The molecule has 1 aromatic heterocycles. The highest BCUT2D eigenvalue weighted by Crippen LogP contribution is 2.33. The number of hydrogen-bond acceptors (Lipinski definition) is 8. The van der Waals surface area contributed by atoms with Gasteiger partial charge in [-0.3, -0.25) is 9.59 Å². The molecule has 0 spiro atoms. The Morgan fingerprint density at radius 1 is 1.03 bits per heavy atom. The molecule has 4 aromatic rings. The Kier molecular flexibility index (Phi) is 8.66. The number of nitrogens with one attached hydrogen (secondary N) is 1. The molecule has 8 nitrogen and oxygen atoms in total. The first-order valence-electron chi connectivity index (χ1n) is 12.1. The molecule has 1 amide bonds. The van der Waals surface area contributed by atoms with Gasteiger partial charge < -0.3 is 10.4 Å². The Labute approximate surface area is 230 Å². The topological polar surface area (TPSA) is 137 Å². The number of aliphatic hydroxyl groups is 1. The first kappa shape index (κ1) is 27.9. The largest absolute Gasteiger partial charge is 0.396 e. The van der Waals surface area contributed by atoms with Crippen LogP contribution >= 0.6 is 11.3 Å². The van der Waals surface area contributed by atoms with E-state index in [0.717, 1.165) is 16.9 Å². The van der Waals surface area contributed by atoms with E-state index in [1.165, 1.54) is 12.1 Å². The maximum Gasteiger partial charge on any atom is 0.230 e. The van der Waals surface area contributed by atoms with E-state index in [0.29, 0.717) is 39.2 Å². The van der Waals surface area contributed by atoms with Gasteiger partial charge in [-0.25, -0.2) is 13.4 Å². The van der Waals surface area contributed by atoms with E-state index < -0.39 is 9.84 Å². The lowest BCUT2D eigenvalue weighted by Crippen LogP contribution is -2.14. The second kappa shape index (κ2) is 12.1. The number of amides is 1. The van der Waals surface area contributed by atoms with Crippen LogP contribution in [0.2, 0.25) is 0 Å². The summed E-state index contributed by atoms with van der Waals surface area (Å²) in [5.41, 5.74) is 3.28. The number of benzene rings is 3. The molecule has 4 rings (SSSR count). The maximum atomic E-state index is 13.5. The Hall–Kier alpha value is -4.17. The summed E-state index contributed by atoms with van der Waals surface area (Å²) in [5.74, 6) is -0.669. The number of ketones is 1. The van der Waals surface area contributed by atoms with Crippen molar-refractivity contribution in [1.29, 1.82) is 5.26 Å². The van der Waals surface area contributed by atoms with Crippen LogP contribution in [0.15, 0.2) is 77.7 Å². The zero-order valence-electron chi connectivity index (χ0n) is 21.0. The molecule has 10 heteroatoms. The van der Waals surface area contributed by atoms with Crippen LogP contribution in [-0.2, 0) is 27.5 Å². The van der Waals surface area contributed by atoms with E-state index in [2.05, 4.69) is 16.4 Å². The van der Waals surface area contributed by atoms with Crippen molar-refractivity contribution >= 4 is 38.0 Å². The molecular formula is C29H25N3O5S2. The predicted octanol–water partition coefficient (Wildman–Crippen LogP) is 4.42. The minimum atomic E-state index is -3.33. The van der Waals surface area contributed by atoms with Gasteiger partial charge in [-0.1, -0.05) is 66.8 Å². The fourth-order valence-corrected chi connectivity index (χ4v) is 5.72. The lowest BCUT2D eigenvalue weighted by molar-refractivity contribution is -0.115. The molecule has 0 unspecified atom stereocenters. The van der Waals surface area contributed by atoms with Crippen LogP contribution < -0.4 is 5.32 Å². The second-order valence-corrected chi connectivity index (χ2v) is 11.9. The normalized spacial score (nSPS) is 11.1. The molecule has 0 aliphatic rings. The molecule has 0 aliphatic carbocycles. The molecule has 0 radical (unpaired) electrons. The number of nitrogens with zero attached hydrogens (tertiary/aromatic N) is 2. The highest BCUT2D eigenvalue weighted by molar-refractivity contribution is 7.91. The molecule has 0 fully saturated rings. The van der Waals surface area contributed by atoms with Gasteiger partial charge in [-0.05, 0) is 41.8 Å². The van der Waals surface area contributed by atoms with E-state index >= 15 is 0 Å². The summed E-state index contributed by atoms with van der Waals surface area (Å²) in [6, 6.07) is 21.9. The van der Waals surface area contributed by atoms with Crippen molar-refractivity contribution in [3.05, 3.63) is 99.9 Å². The summed E-state index contributed by atoms with van der Waals surface area (Å²) in [7, 11) is -3.33. The van der Waals surface area contributed by atoms with Crippen LogP contribution in [-0.4, -0.2) is 42.6 Å². The Morgan fingerprint density at radius 2 is 1.72 bits per heavy atom. The molecular weight excluding hydrogens is 534 g/mol. The van der Waals surface area contributed by atoms with E-state index in [1.54, 1.807) is 67.6 Å². The summed E-state index contributed by atoms with van der Waals surface area (Å²) >= 11 is 1.04. The van der Waals surface area contributed by atoms with Gasteiger partial charge in [0.25, 0.3) is 0 Å². The number of sulfone groups is 1. The van der Waals surface area contributed by atoms with Crippen molar-refractivity contribution in [2.24, 2.45) is 0 Å². The smallest absolute Gasteiger partial charge is 0.230 e. The van der Waals surface area contributed by atoms with Crippen LogP contribution in [0, 0.1) is 11.3 Å². The maximum absolute atomic E-state index is 13.5. The van der Waals surface area contributed by atoms with Gasteiger partial charge in [0.15, 0.2) is 15.0 Å². The van der Waals surface area contributed by atoms with Gasteiger partial charge in [-0.2, -0.15) is 5.26 Å². The first-order chi connectivity index (χ1) is 18.7. The zero-order valence-corrected chi connectivity index (χ0v) is 22.7. The number of thiazole rings is 1. The van der Waals surface area contributed by atoms with Gasteiger partial charge in [0.05, 0.1) is 34.4 Å². The minimum absolute atomic E-state index is 0.00651. The third-order valence-electron chi connectivity index (χ3n) is 5.99. The van der Waals surface area contributed by atoms with E-state index in [1.807, 2.05) is 0 Å². The quantitative estimate of drug-likeness (QED) is 0.274. The summed E-state index contributed by atoms with van der Waals surface area (Å²) in [5, 5.41) is 21.4. The van der Waals surface area contributed by atoms with Crippen molar-refractivity contribution in [1.82, 2.24) is 4.98 Å². The van der Waals surface area contributed by atoms with Crippen LogP contribution in [0.25, 0.3) is 11.3 Å². The fraction of sp³-hybridized carbons (Fsp3) is 0.172. The van der Waals surface area contributed by atoms with E-state index in [9.17, 15) is 23.3 Å². The molecule has 0 saturated carbocycles. The van der Waals surface area contributed by atoms with Crippen LogP contribution in [0.1, 0.15) is 38.8 Å². The average molecular weight is 560 g/mol. The molecule has 198 valence electrons. The fourth-order valence-electron chi connectivity index (χ4n) is 3.87. The van der Waals surface area contributed by atoms with Crippen molar-refractivity contribution in [2.75, 3.05) is 17.7 Å². The van der Waals surface area contributed by atoms with Crippen LogP contribution in [0.5, 0.6) is 0 Å². The zero-order chi connectivity index (χ0) is 28.0. The van der Waals surface area contributed by atoms with E-state index in [-0.39, 0.29) is 40.5 Å². The highest BCUT2D eigenvalue weighted by atomic mass is 32.2. The molecule has 0 saturated heterocycles. The predicted molar refractivity (Wildman–Crippen MR) is 149 cm³/mol. The Bertz CT molecular complexity index is 1650. The van der Waals surface area contributed by atoms with Gasteiger partial charge >= 0.3 is 0 Å². The number of carbonyl (C=O) groups is 2. The standard InChI is InChI=1S/C29H25N3O5S2/c1-2-39(36,37)24-12-8-20(9-13-24)17-25(34)31-29-32-26(23-5-3-4-21(16-23)18-30)28(38-29)27(35)22-10-6-19(7-11-22)14-15-33/h3-13,16,33H,2,14-15,17H2,1H3,(H,31,32,34). The van der Waals surface area contributed by atoms with Gasteiger partial charge in [0, 0.05) is 17.7 Å². The average Bonchev–Trinajstić information content (AvgIpc) is 3.37. The number of hydrogen-bond donors (Lipinski definition) is 2. The third kappa shape index (κ3) is 6.64. The molecule has 0 aliphatic heterocycles. The monoisotopic (exact) mass is 559 g/mol. The first-order valence-corrected chi connectivity index (χ1v) is 14.6. The molecule has 1 heterocycles. The van der Waals surface area contributed by atoms with Crippen molar-refractivity contribution < 1.29 is 23.1 Å². The van der Waals surface area contributed by atoms with E-state index in [4.69, 9.17) is 5.11 Å². The molecule has 3 aromatic carbocycles. The summed E-state index contributed by atoms with van der Waals surface area (Å²) in [6.07, 6.45) is 0.468. The number of aromatic nitrogens is 1. The van der Waals surface area contributed by atoms with Crippen molar-refractivity contribution in [3.8, 4) is 17.3 Å². The van der Waals surface area contributed by atoms with Crippen molar-refractivity contribution in [2.45, 2.75) is 24.7 Å². The molecule has 0 bridgehead atoms. The molecule has 2 N–H and O–H groups in total. The van der Waals surface area contributed by atoms with Gasteiger partial charge in [0.1, 0.15) is 4.88 Å². The summed E-state index contributed by atoms with van der Waals surface area (Å²) in [4.78, 5) is 31.3. The number of nitriles is 1. The number of aliphatic hydroxyl groups excluding tert-OH is 1. The lowest BCUT2D eigenvalue weighted by atomic mass is 10.0. The summed E-state index contributed by atoms with van der Waals surface area (Å²) in [6.45, 7) is 1.58. The third-order valence-corrected chi connectivity index (χ3v) is 8.71.